The maximum absolute atomic E-state index is 11.9. The molecule has 0 unspecified atom stereocenters. The second-order valence-corrected chi connectivity index (χ2v) is 3.75. The number of nitrogens with zero attached hydrogens (tertiary/aromatic N) is 2. The molecule has 0 aliphatic heterocycles. The third kappa shape index (κ3) is 3.02. The maximum Gasteiger partial charge on any atom is 0.388 e. The van der Waals surface area contributed by atoms with Gasteiger partial charge in [-0.05, 0) is 25.4 Å². The van der Waals surface area contributed by atoms with E-state index in [-0.39, 0.29) is 17.5 Å². The molecule has 0 spiro atoms. The minimum absolute atomic E-state index is 0.0222. The van der Waals surface area contributed by atoms with Crippen LogP contribution in [0.4, 0.5) is 13.8 Å². The van der Waals surface area contributed by atoms with Gasteiger partial charge in [0.05, 0.1) is 0 Å². The van der Waals surface area contributed by atoms with Crippen molar-refractivity contribution < 1.29 is 13.5 Å². The summed E-state index contributed by atoms with van der Waals surface area (Å²) in [5.41, 5.74) is 0.0222. The van der Waals surface area contributed by atoms with Gasteiger partial charge in [0.25, 0.3) is 5.88 Å². The van der Waals surface area contributed by atoms with Crippen LogP contribution in [0, 0.1) is 11.3 Å². The Morgan fingerprint density at radius 1 is 1.53 bits per heavy atom. The van der Waals surface area contributed by atoms with Gasteiger partial charge >= 0.3 is 6.61 Å². The summed E-state index contributed by atoms with van der Waals surface area (Å²) < 4.78 is 31.6. The summed E-state index contributed by atoms with van der Waals surface area (Å²) in [5.74, 6) is -0.319. The summed E-state index contributed by atoms with van der Waals surface area (Å²) in [7, 11) is 0. The van der Waals surface area contributed by atoms with Gasteiger partial charge in [-0.2, -0.15) is 18.4 Å². The molecule has 0 atom stereocenters. The van der Waals surface area contributed by atoms with E-state index >= 15 is 0 Å². The van der Waals surface area contributed by atoms with Crippen molar-refractivity contribution >= 4 is 16.5 Å². The molecule has 0 fully saturated rings. The first-order valence-electron chi connectivity index (χ1n) is 4.15. The number of ether oxygens (including phenoxy) is 1. The number of nitriles is 1. The zero-order valence-corrected chi connectivity index (χ0v) is 8.94. The highest BCUT2D eigenvalue weighted by atomic mass is 32.1. The largest absolute Gasteiger partial charge is 0.414 e. The number of alkyl halides is 2. The van der Waals surface area contributed by atoms with Crippen molar-refractivity contribution in [1.82, 2.24) is 4.37 Å². The predicted molar refractivity (Wildman–Crippen MR) is 52.2 cm³/mol. The molecule has 0 bridgehead atoms. The first-order chi connectivity index (χ1) is 7.04. The molecule has 0 amide bonds. The Bertz CT molecular complexity index is 345. The molecule has 0 radical (unpaired) electrons. The molecule has 0 aliphatic carbocycles. The predicted octanol–water partition coefficient (Wildman–Crippen LogP) is 2.44. The van der Waals surface area contributed by atoms with Crippen LogP contribution in [0.5, 0.6) is 5.88 Å². The highest BCUT2D eigenvalue weighted by molar-refractivity contribution is 7.10. The van der Waals surface area contributed by atoms with Crippen molar-refractivity contribution in [3.63, 3.8) is 0 Å². The third-order valence-corrected chi connectivity index (χ3v) is 2.15. The molecule has 15 heavy (non-hydrogen) atoms. The smallest absolute Gasteiger partial charge is 0.388 e. The van der Waals surface area contributed by atoms with E-state index in [0.29, 0.717) is 5.00 Å². The lowest BCUT2D eigenvalue weighted by Crippen LogP contribution is -2.09. The molecule has 0 aromatic carbocycles. The first-order valence-corrected chi connectivity index (χ1v) is 4.93. The number of halogens is 2. The van der Waals surface area contributed by atoms with Crippen molar-refractivity contribution in [2.75, 3.05) is 5.32 Å². The number of rotatable bonds is 4. The Hall–Kier alpha value is -1.42. The highest BCUT2D eigenvalue weighted by Gasteiger charge is 2.18. The van der Waals surface area contributed by atoms with Gasteiger partial charge < -0.3 is 10.1 Å². The van der Waals surface area contributed by atoms with Gasteiger partial charge in [-0.25, -0.2) is 0 Å². The molecule has 0 aliphatic rings. The standard InChI is InChI=1S/C8H9F2N3OS/c1-4(2)12-7-5(3-11)6(13-15-7)14-8(9)10/h4,8,12H,1-2H3. The summed E-state index contributed by atoms with van der Waals surface area (Å²) in [6.07, 6.45) is 0. The van der Waals surface area contributed by atoms with Gasteiger partial charge in [-0.15, -0.1) is 0 Å². The van der Waals surface area contributed by atoms with Crippen LogP contribution < -0.4 is 10.1 Å². The first kappa shape index (κ1) is 11.7. The van der Waals surface area contributed by atoms with E-state index in [4.69, 9.17) is 5.26 Å². The van der Waals surface area contributed by atoms with Crippen molar-refractivity contribution in [3.8, 4) is 11.9 Å². The van der Waals surface area contributed by atoms with Crippen LogP contribution in [0.25, 0.3) is 0 Å². The van der Waals surface area contributed by atoms with Crippen LogP contribution >= 0.6 is 11.5 Å². The Morgan fingerprint density at radius 2 is 2.20 bits per heavy atom. The van der Waals surface area contributed by atoms with E-state index in [1.54, 1.807) is 6.07 Å². The van der Waals surface area contributed by atoms with Crippen LogP contribution in [0.15, 0.2) is 0 Å². The summed E-state index contributed by atoms with van der Waals surface area (Å²) in [5, 5.41) is 12.1. The minimum atomic E-state index is -2.97. The summed E-state index contributed by atoms with van der Waals surface area (Å²) in [6.45, 7) is 0.773. The molecule has 1 aromatic heterocycles. The van der Waals surface area contributed by atoms with E-state index in [1.807, 2.05) is 13.8 Å². The fourth-order valence-electron chi connectivity index (χ4n) is 0.900. The second-order valence-electron chi connectivity index (χ2n) is 2.98. The third-order valence-electron chi connectivity index (χ3n) is 1.39. The topological polar surface area (TPSA) is 57.9 Å². The Morgan fingerprint density at radius 3 is 2.67 bits per heavy atom. The zero-order chi connectivity index (χ0) is 11.4. The van der Waals surface area contributed by atoms with E-state index in [2.05, 4.69) is 14.4 Å². The summed E-state index contributed by atoms with van der Waals surface area (Å²) in [4.78, 5) is 0. The SMILES string of the molecule is CC(C)Nc1snc(OC(F)F)c1C#N. The Balaban J connectivity index is 2.91. The average molecular weight is 233 g/mol. The molecule has 1 heterocycles. The molecule has 1 N–H and O–H groups in total. The van der Waals surface area contributed by atoms with E-state index in [1.165, 1.54) is 0 Å². The van der Waals surface area contributed by atoms with Crippen molar-refractivity contribution in [2.24, 2.45) is 0 Å². The monoisotopic (exact) mass is 233 g/mol. The van der Waals surface area contributed by atoms with Crippen molar-refractivity contribution in [3.05, 3.63) is 5.56 Å². The van der Waals surface area contributed by atoms with Crippen LogP contribution in [0.2, 0.25) is 0 Å². The molecule has 1 aromatic rings. The minimum Gasteiger partial charge on any atom is -0.414 e. The molecular formula is C8H9F2N3OS. The van der Waals surface area contributed by atoms with Crippen molar-refractivity contribution in [1.29, 1.82) is 5.26 Å². The highest BCUT2D eigenvalue weighted by Crippen LogP contribution is 2.30. The number of hydrogen-bond donors (Lipinski definition) is 1. The van der Waals surface area contributed by atoms with Gasteiger partial charge in [-0.3, -0.25) is 0 Å². The quantitative estimate of drug-likeness (QED) is 0.867. The summed E-state index contributed by atoms with van der Waals surface area (Å²) >= 11 is 0.929. The van der Waals surface area contributed by atoms with Crippen molar-refractivity contribution in [2.45, 2.75) is 26.5 Å². The van der Waals surface area contributed by atoms with Crippen LogP contribution in [0.1, 0.15) is 19.4 Å². The number of aromatic nitrogens is 1. The molecule has 4 nitrogen and oxygen atoms in total. The van der Waals surface area contributed by atoms with E-state index in [0.717, 1.165) is 11.5 Å². The summed E-state index contributed by atoms with van der Waals surface area (Å²) in [6, 6.07) is 1.88. The average Bonchev–Trinajstić information content (AvgIpc) is 2.45. The lowest BCUT2D eigenvalue weighted by Gasteiger charge is -2.06. The van der Waals surface area contributed by atoms with Gasteiger partial charge in [0, 0.05) is 6.04 Å². The lowest BCUT2D eigenvalue weighted by molar-refractivity contribution is -0.0523. The molecule has 0 saturated carbocycles. The number of hydrogen-bond acceptors (Lipinski definition) is 5. The molecular weight excluding hydrogens is 224 g/mol. The number of nitrogens with one attached hydrogen (secondary N) is 1. The zero-order valence-electron chi connectivity index (χ0n) is 8.12. The molecule has 0 saturated heterocycles. The van der Waals surface area contributed by atoms with E-state index < -0.39 is 6.61 Å². The van der Waals surface area contributed by atoms with Crippen LogP contribution in [-0.4, -0.2) is 17.0 Å². The van der Waals surface area contributed by atoms with Crippen LogP contribution in [-0.2, 0) is 0 Å². The number of anilines is 1. The second kappa shape index (κ2) is 4.89. The van der Waals surface area contributed by atoms with Gasteiger partial charge in [0.1, 0.15) is 11.1 Å². The van der Waals surface area contributed by atoms with Gasteiger partial charge in [-0.1, -0.05) is 0 Å². The molecule has 1 rings (SSSR count). The molecule has 82 valence electrons. The van der Waals surface area contributed by atoms with Gasteiger partial charge in [0.15, 0.2) is 5.56 Å². The fraction of sp³-hybridized carbons (Fsp3) is 0.500. The van der Waals surface area contributed by atoms with Gasteiger partial charge in [0.2, 0.25) is 0 Å². The molecule has 7 heteroatoms. The Kier molecular flexibility index (Phi) is 3.80. The lowest BCUT2D eigenvalue weighted by atomic mass is 10.3. The van der Waals surface area contributed by atoms with Crippen LogP contribution in [0.3, 0.4) is 0 Å². The van der Waals surface area contributed by atoms with E-state index in [9.17, 15) is 8.78 Å². The maximum atomic E-state index is 11.9. The fourth-order valence-corrected chi connectivity index (χ4v) is 1.72. The Labute approximate surface area is 89.6 Å². The normalized spacial score (nSPS) is 10.5.